The van der Waals surface area contributed by atoms with Crippen LogP contribution in [0.3, 0.4) is 0 Å². The number of primary amides is 1. The van der Waals surface area contributed by atoms with Gasteiger partial charge in [-0.3, -0.25) is 28.9 Å². The van der Waals surface area contributed by atoms with Gasteiger partial charge in [0.2, 0.25) is 5.91 Å². The standard InChI is InChI=1S/C29H35N3O7/c1-6-7-8-9-10-14-11-12-15-18(23(14)33)24(34)19-16(21(15)31(2)3)13-17-22(32(4)5)25(35)20(28(30)38)27(37)29(17,39)26(19)36/h11-12,16-17,19-22,33,39H,6-8,13H2,1-5H3,(H2,30,38)/t16-,17-,19?,20?,21?,22-,29-/m0/s1. The maximum Gasteiger partial charge on any atom is 0.235 e. The minimum absolute atomic E-state index is 0.0217. The van der Waals surface area contributed by atoms with Gasteiger partial charge in [0.15, 0.2) is 34.7 Å². The number of amides is 1. The molecule has 39 heavy (non-hydrogen) atoms. The van der Waals surface area contributed by atoms with Gasteiger partial charge in [0, 0.05) is 18.4 Å². The van der Waals surface area contributed by atoms with Crippen LogP contribution in [0.25, 0.3) is 0 Å². The Kier molecular flexibility index (Phi) is 7.56. The summed E-state index contributed by atoms with van der Waals surface area (Å²) in [6.07, 6.45) is 2.44. The minimum atomic E-state index is -2.76. The van der Waals surface area contributed by atoms with E-state index < -0.39 is 70.4 Å². The molecule has 3 aliphatic rings. The van der Waals surface area contributed by atoms with E-state index in [0.29, 0.717) is 12.0 Å². The summed E-state index contributed by atoms with van der Waals surface area (Å²) in [6.45, 7) is 2.04. The van der Waals surface area contributed by atoms with Gasteiger partial charge in [-0.05, 0) is 58.6 Å². The fourth-order valence-corrected chi connectivity index (χ4v) is 6.79. The zero-order valence-corrected chi connectivity index (χ0v) is 22.9. The average Bonchev–Trinajstić information content (AvgIpc) is 2.84. The molecule has 10 nitrogen and oxygen atoms in total. The third-order valence-corrected chi connectivity index (χ3v) is 8.48. The fraction of sp³-hybridized carbons (Fsp3) is 0.552. The molecule has 4 N–H and O–H groups in total. The van der Waals surface area contributed by atoms with Gasteiger partial charge in [-0.2, -0.15) is 0 Å². The van der Waals surface area contributed by atoms with Gasteiger partial charge in [-0.1, -0.05) is 31.3 Å². The third-order valence-electron chi connectivity index (χ3n) is 8.48. The van der Waals surface area contributed by atoms with E-state index >= 15 is 0 Å². The third kappa shape index (κ3) is 4.20. The SMILES string of the molecule is CCCCC#Cc1ccc2c(c1O)C(=O)C1C(=O)[C@]3(O)C(=O)C(C(N)=O)C(=O)[C@@H](N(C)C)[C@@H]3C[C@@H]1C2N(C)C. The molecule has 1 aromatic carbocycles. The highest BCUT2D eigenvalue weighted by Gasteiger charge is 2.70. The lowest BCUT2D eigenvalue weighted by molar-refractivity contribution is -0.182. The van der Waals surface area contributed by atoms with Gasteiger partial charge in [-0.25, -0.2) is 0 Å². The van der Waals surface area contributed by atoms with Crippen molar-refractivity contribution in [3.05, 3.63) is 28.8 Å². The molecule has 2 saturated carbocycles. The number of nitrogens with two attached hydrogens (primary N) is 1. The van der Waals surface area contributed by atoms with E-state index in [1.807, 2.05) is 11.8 Å². The van der Waals surface area contributed by atoms with Gasteiger partial charge in [0.25, 0.3) is 0 Å². The van der Waals surface area contributed by atoms with E-state index in [4.69, 9.17) is 5.73 Å². The highest BCUT2D eigenvalue weighted by atomic mass is 16.3. The quantitative estimate of drug-likeness (QED) is 0.276. The summed E-state index contributed by atoms with van der Waals surface area (Å²) in [7, 11) is 6.65. The molecule has 1 aromatic rings. The number of hydrogen-bond acceptors (Lipinski definition) is 9. The zero-order chi connectivity index (χ0) is 29.0. The average molecular weight is 538 g/mol. The molecule has 2 fully saturated rings. The van der Waals surface area contributed by atoms with Crippen LogP contribution >= 0.6 is 0 Å². The first-order valence-corrected chi connectivity index (χ1v) is 13.2. The Morgan fingerprint density at radius 1 is 1.08 bits per heavy atom. The zero-order valence-electron chi connectivity index (χ0n) is 22.9. The van der Waals surface area contributed by atoms with Crippen LogP contribution in [-0.2, 0) is 19.2 Å². The summed E-state index contributed by atoms with van der Waals surface area (Å²) >= 11 is 0. The van der Waals surface area contributed by atoms with Gasteiger partial charge in [-0.15, -0.1) is 0 Å². The lowest BCUT2D eigenvalue weighted by Gasteiger charge is -2.54. The number of nitrogens with zero attached hydrogens (tertiary/aromatic N) is 2. The van der Waals surface area contributed by atoms with Crippen LogP contribution in [0, 0.1) is 35.5 Å². The number of aliphatic hydroxyl groups is 1. The number of benzene rings is 1. The number of phenolic OH excluding ortho intramolecular Hbond substituents is 1. The molecule has 0 aliphatic heterocycles. The van der Waals surface area contributed by atoms with E-state index in [0.717, 1.165) is 12.8 Å². The fourth-order valence-electron chi connectivity index (χ4n) is 6.79. The Morgan fingerprint density at radius 3 is 2.28 bits per heavy atom. The molecule has 7 atom stereocenters. The predicted octanol–water partition coefficient (Wildman–Crippen LogP) is 0.469. The number of hydrogen-bond donors (Lipinski definition) is 3. The molecule has 0 radical (unpaired) electrons. The molecular weight excluding hydrogens is 502 g/mol. The molecule has 208 valence electrons. The van der Waals surface area contributed by atoms with E-state index in [1.54, 1.807) is 40.3 Å². The number of carbonyl (C=O) groups is 5. The van der Waals surface area contributed by atoms with Gasteiger partial charge in [0.1, 0.15) is 5.75 Å². The number of carbonyl (C=O) groups excluding carboxylic acids is 5. The highest BCUT2D eigenvalue weighted by molar-refractivity contribution is 6.32. The Morgan fingerprint density at radius 2 is 1.72 bits per heavy atom. The lowest BCUT2D eigenvalue weighted by atomic mass is 9.51. The Balaban J connectivity index is 1.90. The summed E-state index contributed by atoms with van der Waals surface area (Å²) in [4.78, 5) is 70.2. The monoisotopic (exact) mass is 537 g/mol. The van der Waals surface area contributed by atoms with Crippen molar-refractivity contribution in [3.8, 4) is 17.6 Å². The molecule has 0 bridgehead atoms. The number of likely N-dealkylation sites (N-methyl/N-ethyl adjacent to an activating group) is 1. The second-order valence-electron chi connectivity index (χ2n) is 11.2. The molecule has 3 aliphatic carbocycles. The van der Waals surface area contributed by atoms with Crippen molar-refractivity contribution in [3.63, 3.8) is 0 Å². The van der Waals surface area contributed by atoms with E-state index in [1.165, 1.54) is 4.90 Å². The van der Waals surface area contributed by atoms with Crippen LogP contribution in [0.1, 0.15) is 60.1 Å². The van der Waals surface area contributed by atoms with Crippen molar-refractivity contribution >= 4 is 29.0 Å². The molecule has 4 rings (SSSR count). The smallest absolute Gasteiger partial charge is 0.235 e. The molecule has 0 heterocycles. The summed E-state index contributed by atoms with van der Waals surface area (Å²) in [5, 5.41) is 22.9. The molecule has 0 spiro atoms. The van der Waals surface area contributed by atoms with Gasteiger partial charge >= 0.3 is 0 Å². The minimum Gasteiger partial charge on any atom is -0.506 e. The summed E-state index contributed by atoms with van der Waals surface area (Å²) in [5.41, 5.74) is 3.30. The van der Waals surface area contributed by atoms with Crippen LogP contribution in [0.5, 0.6) is 5.75 Å². The first-order chi connectivity index (χ1) is 18.3. The van der Waals surface area contributed by atoms with Crippen molar-refractivity contribution in [1.29, 1.82) is 0 Å². The molecule has 10 heteroatoms. The maximum absolute atomic E-state index is 14.1. The van der Waals surface area contributed by atoms with Crippen molar-refractivity contribution in [1.82, 2.24) is 9.80 Å². The van der Waals surface area contributed by atoms with E-state index in [9.17, 15) is 34.2 Å². The molecule has 3 unspecified atom stereocenters. The van der Waals surface area contributed by atoms with E-state index in [2.05, 4.69) is 11.8 Å². The topological polar surface area (TPSA) is 158 Å². The number of Topliss-reactive ketones (excluding diaryl/α,β-unsaturated/α-hetero) is 4. The largest absolute Gasteiger partial charge is 0.506 e. The second kappa shape index (κ2) is 10.3. The van der Waals surface area contributed by atoms with Crippen LogP contribution in [0.4, 0.5) is 0 Å². The van der Waals surface area contributed by atoms with Gasteiger partial charge in [0.05, 0.1) is 23.1 Å². The van der Waals surface area contributed by atoms with Crippen LogP contribution < -0.4 is 5.73 Å². The summed E-state index contributed by atoms with van der Waals surface area (Å²) in [6, 6.07) is 1.66. The van der Waals surface area contributed by atoms with Crippen LogP contribution in [0.15, 0.2) is 12.1 Å². The normalized spacial score (nSPS) is 31.9. The Bertz CT molecular complexity index is 1320. The first kappa shape index (κ1) is 28.6. The van der Waals surface area contributed by atoms with Crippen molar-refractivity contribution < 1.29 is 34.2 Å². The van der Waals surface area contributed by atoms with Crippen LogP contribution in [0.2, 0.25) is 0 Å². The molecule has 0 saturated heterocycles. The number of fused-ring (bicyclic) bond motifs is 3. The van der Waals surface area contributed by atoms with Crippen molar-refractivity contribution in [2.24, 2.45) is 29.4 Å². The Hall–Kier alpha value is -3.39. The number of phenols is 1. The Labute approximate surface area is 227 Å². The predicted molar refractivity (Wildman–Crippen MR) is 140 cm³/mol. The van der Waals surface area contributed by atoms with Crippen molar-refractivity contribution in [2.45, 2.75) is 50.3 Å². The number of unbranched alkanes of at least 4 members (excludes halogenated alkanes) is 2. The number of rotatable bonds is 5. The first-order valence-electron chi connectivity index (χ1n) is 13.2. The molecule has 1 amide bonds. The summed E-state index contributed by atoms with van der Waals surface area (Å²) in [5.74, 6) is -4.94. The maximum atomic E-state index is 14.1. The number of aromatic hydroxyl groups is 1. The van der Waals surface area contributed by atoms with Crippen molar-refractivity contribution in [2.75, 3.05) is 28.2 Å². The number of ketones is 4. The highest BCUT2D eigenvalue weighted by Crippen LogP contribution is 2.55. The molecule has 0 aromatic heterocycles. The van der Waals surface area contributed by atoms with Crippen LogP contribution in [-0.4, -0.2) is 88.9 Å². The second-order valence-corrected chi connectivity index (χ2v) is 11.2. The summed E-state index contributed by atoms with van der Waals surface area (Å²) < 4.78 is 0. The molecular formula is C29H35N3O7. The van der Waals surface area contributed by atoms with E-state index in [-0.39, 0.29) is 23.3 Å². The van der Waals surface area contributed by atoms with Gasteiger partial charge < -0.3 is 20.8 Å². The lowest BCUT2D eigenvalue weighted by Crippen LogP contribution is -2.74.